The highest BCUT2D eigenvalue weighted by molar-refractivity contribution is 5.90. The lowest BCUT2D eigenvalue weighted by molar-refractivity contribution is -0.145. The zero-order chi connectivity index (χ0) is 15.5. The highest BCUT2D eigenvalue weighted by Gasteiger charge is 2.42. The molecule has 118 valence electrons. The summed E-state index contributed by atoms with van der Waals surface area (Å²) in [6, 6.07) is -0.299. The topological polar surface area (TPSA) is 44.1 Å². The van der Waals surface area contributed by atoms with Gasteiger partial charge in [-0.3, -0.25) is 4.68 Å². The average Bonchev–Trinajstić information content (AvgIpc) is 2.69. The Hall–Kier alpha value is -1.53. The molecule has 1 aliphatic carbocycles. The Morgan fingerprint density at radius 3 is 2.48 bits per heavy atom. The van der Waals surface area contributed by atoms with Crippen molar-refractivity contribution in [3.8, 4) is 0 Å². The van der Waals surface area contributed by atoms with E-state index >= 15 is 0 Å². The molecule has 7 heteroatoms. The molecule has 0 unspecified atom stereocenters. The minimum absolute atomic E-state index is 0.0325. The van der Waals surface area contributed by atoms with E-state index in [1.54, 1.807) is 6.92 Å². The zero-order valence-electron chi connectivity index (χ0n) is 11.9. The van der Waals surface area contributed by atoms with E-state index < -0.39 is 23.4 Å². The van der Waals surface area contributed by atoms with E-state index in [-0.39, 0.29) is 12.6 Å². The van der Waals surface area contributed by atoms with Gasteiger partial charge >= 0.3 is 12.1 Å². The number of nitrogens with zero attached hydrogens (tertiary/aromatic N) is 2. The number of hydrogen-bond donors (Lipinski definition) is 0. The van der Waals surface area contributed by atoms with Crippen LogP contribution in [-0.4, -0.2) is 22.4 Å². The SMILES string of the molecule is CCOC(=O)c1cnn(C2CCCCCC2)c1C(F)(F)F. The summed E-state index contributed by atoms with van der Waals surface area (Å²) in [5.74, 6) is -0.968. The van der Waals surface area contributed by atoms with Gasteiger partial charge in [0.05, 0.1) is 18.8 Å². The van der Waals surface area contributed by atoms with E-state index in [0.29, 0.717) is 12.8 Å². The Bertz CT molecular complexity index is 489. The summed E-state index contributed by atoms with van der Waals surface area (Å²) in [6.45, 7) is 1.59. The summed E-state index contributed by atoms with van der Waals surface area (Å²) in [7, 11) is 0. The average molecular weight is 304 g/mol. The molecule has 0 bridgehead atoms. The van der Waals surface area contributed by atoms with Gasteiger partial charge in [-0.1, -0.05) is 25.7 Å². The zero-order valence-corrected chi connectivity index (χ0v) is 11.9. The molecule has 1 aromatic heterocycles. The fourth-order valence-corrected chi connectivity index (χ4v) is 2.78. The van der Waals surface area contributed by atoms with Crippen molar-refractivity contribution in [1.29, 1.82) is 0 Å². The molecular weight excluding hydrogens is 285 g/mol. The number of ether oxygens (including phenoxy) is 1. The van der Waals surface area contributed by atoms with Crippen LogP contribution >= 0.6 is 0 Å². The standard InChI is InChI=1S/C14H19F3N2O2/c1-2-21-13(20)11-9-18-19(12(11)14(15,16)17)10-7-5-3-4-6-8-10/h9-10H,2-8H2,1H3. The summed E-state index contributed by atoms with van der Waals surface area (Å²) in [5.41, 5.74) is -1.47. The highest BCUT2D eigenvalue weighted by atomic mass is 19.4. The van der Waals surface area contributed by atoms with Crippen molar-refractivity contribution in [3.05, 3.63) is 17.5 Å². The molecule has 0 atom stereocenters. The number of halogens is 3. The second-order valence-corrected chi connectivity index (χ2v) is 5.22. The minimum Gasteiger partial charge on any atom is -0.462 e. The number of carbonyl (C=O) groups is 1. The van der Waals surface area contributed by atoms with Crippen molar-refractivity contribution in [2.75, 3.05) is 6.61 Å². The van der Waals surface area contributed by atoms with Crippen LogP contribution in [0.4, 0.5) is 13.2 Å². The predicted molar refractivity (Wildman–Crippen MR) is 69.9 cm³/mol. The number of esters is 1. The Morgan fingerprint density at radius 2 is 1.95 bits per heavy atom. The summed E-state index contributed by atoms with van der Waals surface area (Å²) in [6.07, 6.45) is 1.51. The van der Waals surface area contributed by atoms with Crippen molar-refractivity contribution in [3.63, 3.8) is 0 Å². The van der Waals surface area contributed by atoms with Crippen LogP contribution < -0.4 is 0 Å². The third-order valence-electron chi connectivity index (χ3n) is 3.73. The Labute approximate surface area is 121 Å². The quantitative estimate of drug-likeness (QED) is 0.627. The number of rotatable bonds is 3. The van der Waals surface area contributed by atoms with E-state index in [9.17, 15) is 18.0 Å². The van der Waals surface area contributed by atoms with Gasteiger partial charge in [0.1, 0.15) is 5.56 Å². The van der Waals surface area contributed by atoms with Gasteiger partial charge in [-0.05, 0) is 19.8 Å². The lowest BCUT2D eigenvalue weighted by atomic mass is 10.1. The second kappa shape index (κ2) is 6.49. The highest BCUT2D eigenvalue weighted by Crippen LogP contribution is 2.37. The lowest BCUT2D eigenvalue weighted by Gasteiger charge is -2.19. The molecule has 1 heterocycles. The Kier molecular flexibility index (Phi) is 4.90. The molecule has 1 fully saturated rings. The van der Waals surface area contributed by atoms with Gasteiger partial charge in [0.25, 0.3) is 0 Å². The Morgan fingerprint density at radius 1 is 1.33 bits per heavy atom. The third kappa shape index (κ3) is 3.57. The first-order valence-corrected chi connectivity index (χ1v) is 7.27. The third-order valence-corrected chi connectivity index (χ3v) is 3.73. The van der Waals surface area contributed by atoms with Crippen LogP contribution in [0.1, 0.15) is 67.5 Å². The van der Waals surface area contributed by atoms with Crippen molar-refractivity contribution in [2.24, 2.45) is 0 Å². The van der Waals surface area contributed by atoms with Gasteiger partial charge in [-0.2, -0.15) is 18.3 Å². The predicted octanol–water partition coefficient (Wildman–Crippen LogP) is 3.97. The Balaban J connectivity index is 2.39. The van der Waals surface area contributed by atoms with Gasteiger partial charge in [0.2, 0.25) is 0 Å². The molecule has 4 nitrogen and oxygen atoms in total. The first kappa shape index (κ1) is 15.9. The van der Waals surface area contributed by atoms with Gasteiger partial charge in [-0.25, -0.2) is 4.79 Å². The van der Waals surface area contributed by atoms with Gasteiger partial charge in [0, 0.05) is 0 Å². The number of alkyl halides is 3. The molecule has 0 aromatic carbocycles. The molecule has 1 saturated carbocycles. The van der Waals surface area contributed by atoms with Crippen LogP contribution in [0.2, 0.25) is 0 Å². The molecule has 0 aliphatic heterocycles. The maximum Gasteiger partial charge on any atom is 0.433 e. The van der Waals surface area contributed by atoms with Crippen molar-refractivity contribution in [1.82, 2.24) is 9.78 Å². The smallest absolute Gasteiger partial charge is 0.433 e. The van der Waals surface area contributed by atoms with Gasteiger partial charge in [0.15, 0.2) is 5.69 Å². The molecule has 2 rings (SSSR count). The second-order valence-electron chi connectivity index (χ2n) is 5.22. The summed E-state index contributed by atoms with van der Waals surface area (Å²) in [4.78, 5) is 11.7. The van der Waals surface area contributed by atoms with Crippen molar-refractivity contribution < 1.29 is 22.7 Å². The molecule has 1 aromatic rings. The number of aromatic nitrogens is 2. The fraction of sp³-hybridized carbons (Fsp3) is 0.714. The van der Waals surface area contributed by atoms with Crippen LogP contribution in [0, 0.1) is 0 Å². The van der Waals surface area contributed by atoms with Crippen LogP contribution in [0.5, 0.6) is 0 Å². The maximum atomic E-state index is 13.3. The molecule has 0 radical (unpaired) electrons. The number of hydrogen-bond acceptors (Lipinski definition) is 3. The van der Waals surface area contributed by atoms with Crippen molar-refractivity contribution in [2.45, 2.75) is 57.7 Å². The molecule has 1 aliphatic rings. The van der Waals surface area contributed by atoms with Crippen LogP contribution in [0.3, 0.4) is 0 Å². The van der Waals surface area contributed by atoms with E-state index in [4.69, 9.17) is 4.74 Å². The molecule has 0 N–H and O–H groups in total. The van der Waals surface area contributed by atoms with E-state index in [1.807, 2.05) is 0 Å². The summed E-state index contributed by atoms with van der Waals surface area (Å²) in [5, 5.41) is 3.85. The summed E-state index contributed by atoms with van der Waals surface area (Å²) < 4.78 is 45.7. The maximum absolute atomic E-state index is 13.3. The van der Waals surface area contributed by atoms with E-state index in [0.717, 1.165) is 36.6 Å². The number of carbonyl (C=O) groups excluding carboxylic acids is 1. The van der Waals surface area contributed by atoms with Gasteiger partial charge < -0.3 is 4.74 Å². The monoisotopic (exact) mass is 304 g/mol. The normalized spacial score (nSPS) is 17.5. The first-order valence-electron chi connectivity index (χ1n) is 7.27. The van der Waals surface area contributed by atoms with Crippen LogP contribution in [0.25, 0.3) is 0 Å². The lowest BCUT2D eigenvalue weighted by Crippen LogP contribution is -2.22. The molecule has 0 amide bonds. The van der Waals surface area contributed by atoms with E-state index in [1.165, 1.54) is 0 Å². The first-order chi connectivity index (χ1) is 9.95. The van der Waals surface area contributed by atoms with Crippen LogP contribution in [0.15, 0.2) is 6.20 Å². The van der Waals surface area contributed by atoms with Crippen molar-refractivity contribution >= 4 is 5.97 Å². The van der Waals surface area contributed by atoms with Crippen LogP contribution in [-0.2, 0) is 10.9 Å². The minimum atomic E-state index is -4.62. The molecule has 0 saturated heterocycles. The fourth-order valence-electron chi connectivity index (χ4n) is 2.78. The summed E-state index contributed by atoms with van der Waals surface area (Å²) >= 11 is 0. The largest absolute Gasteiger partial charge is 0.462 e. The van der Waals surface area contributed by atoms with E-state index in [2.05, 4.69) is 5.10 Å². The molecular formula is C14H19F3N2O2. The molecule has 0 spiro atoms. The molecule has 21 heavy (non-hydrogen) atoms. The van der Waals surface area contributed by atoms with Gasteiger partial charge in [-0.15, -0.1) is 0 Å².